The average Bonchev–Trinajstić information content (AvgIpc) is 3.53. The molecule has 0 radical (unpaired) electrons. The largest absolute Gasteiger partial charge is 0.294 e. The van der Waals surface area contributed by atoms with E-state index in [1.807, 2.05) is 77.4 Å². The fraction of sp³-hybridized carbons (Fsp3) is 0.0882. The number of Topliss-reactive ketones (excluding diaryl/α,β-unsaturated/α-hetero) is 2. The summed E-state index contributed by atoms with van der Waals surface area (Å²) in [4.78, 5) is 32.1. The van der Waals surface area contributed by atoms with Crippen molar-refractivity contribution in [2.24, 2.45) is 0 Å². The summed E-state index contributed by atoms with van der Waals surface area (Å²) in [5.41, 5.74) is 8.41. The predicted octanol–water partition coefficient (Wildman–Crippen LogP) is 8.30. The van der Waals surface area contributed by atoms with Crippen molar-refractivity contribution in [3.63, 3.8) is 0 Å². The van der Waals surface area contributed by atoms with Crippen molar-refractivity contribution >= 4 is 50.1 Å². The second-order valence-electron chi connectivity index (χ2n) is 10.2. The minimum Gasteiger partial charge on any atom is -0.294 e. The number of fused-ring (bicyclic) bond motifs is 3. The summed E-state index contributed by atoms with van der Waals surface area (Å²) >= 11 is 1.63. The third-order valence-electron chi connectivity index (χ3n) is 7.45. The van der Waals surface area contributed by atoms with Gasteiger partial charge in [-0.1, -0.05) is 60.2 Å². The Hall–Kier alpha value is -4.61. The smallest absolute Gasteiger partial charge is 0.197 e. The van der Waals surface area contributed by atoms with E-state index in [1.165, 1.54) is 16.7 Å². The van der Waals surface area contributed by atoms with Gasteiger partial charge in [-0.3, -0.25) is 14.2 Å². The first-order chi connectivity index (χ1) is 18.9. The molecule has 0 saturated carbocycles. The van der Waals surface area contributed by atoms with E-state index in [-0.39, 0.29) is 17.1 Å². The quantitative estimate of drug-likeness (QED) is 0.173. The van der Waals surface area contributed by atoms with E-state index in [9.17, 15) is 9.59 Å². The van der Waals surface area contributed by atoms with Crippen LogP contribution in [0.4, 0.5) is 0 Å². The Morgan fingerprint density at radius 2 is 1.33 bits per heavy atom. The summed E-state index contributed by atoms with van der Waals surface area (Å²) < 4.78 is 3.04. The first kappa shape index (κ1) is 23.5. The van der Waals surface area contributed by atoms with Crippen molar-refractivity contribution in [1.82, 2.24) is 9.55 Å². The van der Waals surface area contributed by atoms with Crippen LogP contribution >= 0.6 is 11.3 Å². The first-order valence-electron chi connectivity index (χ1n) is 12.9. The van der Waals surface area contributed by atoms with Crippen LogP contribution in [0.5, 0.6) is 0 Å². The van der Waals surface area contributed by atoms with E-state index in [0.717, 1.165) is 43.1 Å². The number of hydrogen-bond acceptors (Lipinski definition) is 4. The summed E-state index contributed by atoms with van der Waals surface area (Å²) in [6, 6.07) is 27.8. The van der Waals surface area contributed by atoms with Gasteiger partial charge in [-0.25, -0.2) is 4.98 Å². The number of ketones is 2. The molecule has 0 bridgehead atoms. The van der Waals surface area contributed by atoms with E-state index in [2.05, 4.69) is 32.9 Å². The molecule has 188 valence electrons. The number of nitrogens with zero attached hydrogens (tertiary/aromatic N) is 2. The number of allylic oxidation sites excluding steroid dienone is 1. The monoisotopic (exact) mass is 524 g/mol. The van der Waals surface area contributed by atoms with E-state index >= 15 is 0 Å². The van der Waals surface area contributed by atoms with Gasteiger partial charge in [-0.2, -0.15) is 0 Å². The molecule has 2 heterocycles. The van der Waals surface area contributed by atoms with Gasteiger partial charge in [0.2, 0.25) is 0 Å². The molecule has 6 aromatic rings. The lowest BCUT2D eigenvalue weighted by Crippen LogP contribution is -2.03. The maximum absolute atomic E-state index is 13.5. The van der Waals surface area contributed by atoms with E-state index in [4.69, 9.17) is 4.98 Å². The summed E-state index contributed by atoms with van der Waals surface area (Å²) in [7, 11) is 0. The Labute approximate surface area is 229 Å². The number of carbonyl (C=O) groups is 2. The molecule has 4 aromatic carbocycles. The highest BCUT2D eigenvalue weighted by atomic mass is 32.1. The number of aryl methyl sites for hydroxylation is 3. The van der Waals surface area contributed by atoms with Crippen LogP contribution in [0.1, 0.15) is 43.1 Å². The molecule has 5 heteroatoms. The number of thiazole rings is 1. The van der Waals surface area contributed by atoms with Crippen LogP contribution < -0.4 is 0 Å². The lowest BCUT2D eigenvalue weighted by molar-refractivity contribution is 0.0990. The van der Waals surface area contributed by atoms with Crippen LogP contribution in [0.2, 0.25) is 0 Å². The SMILES string of the molecule is Cc1cc(C)c(-c2nc3c(cc(C=C4C(=O)c5cc6ccccc6cc5C4=O)n3-c3ccccc3)s2)c(C)c1. The minimum absolute atomic E-state index is 0.188. The van der Waals surface area contributed by atoms with Crippen molar-refractivity contribution < 1.29 is 9.59 Å². The number of aromatic nitrogens is 2. The van der Waals surface area contributed by atoms with Crippen LogP contribution in [0.3, 0.4) is 0 Å². The molecule has 0 aliphatic heterocycles. The van der Waals surface area contributed by atoms with Crippen molar-refractivity contribution in [2.75, 3.05) is 0 Å². The van der Waals surface area contributed by atoms with Crippen molar-refractivity contribution in [3.8, 4) is 16.3 Å². The lowest BCUT2D eigenvalue weighted by atomic mass is 10.0. The first-order valence-corrected chi connectivity index (χ1v) is 13.7. The fourth-order valence-electron chi connectivity index (χ4n) is 5.77. The van der Waals surface area contributed by atoms with E-state index in [0.29, 0.717) is 11.1 Å². The maximum Gasteiger partial charge on any atom is 0.197 e. The summed E-state index contributed by atoms with van der Waals surface area (Å²) in [6.07, 6.45) is 1.73. The van der Waals surface area contributed by atoms with Crippen LogP contribution in [0, 0.1) is 20.8 Å². The molecular weight excluding hydrogens is 500 g/mol. The molecule has 7 rings (SSSR count). The van der Waals surface area contributed by atoms with Crippen LogP contribution in [0.25, 0.3) is 43.5 Å². The number of rotatable bonds is 3. The molecule has 0 unspecified atom stereocenters. The summed E-state index contributed by atoms with van der Waals surface area (Å²) in [5.74, 6) is -0.464. The third-order valence-corrected chi connectivity index (χ3v) is 8.45. The van der Waals surface area contributed by atoms with E-state index < -0.39 is 0 Å². The Bertz CT molecular complexity index is 1950. The zero-order chi connectivity index (χ0) is 26.8. The maximum atomic E-state index is 13.5. The zero-order valence-electron chi connectivity index (χ0n) is 21.8. The summed E-state index contributed by atoms with van der Waals surface area (Å²) in [6.45, 7) is 6.36. The molecular formula is C34H24N2O2S. The molecule has 0 atom stereocenters. The molecule has 2 aromatic heterocycles. The normalized spacial score (nSPS) is 13.1. The topological polar surface area (TPSA) is 52.0 Å². The molecule has 1 aliphatic rings. The van der Waals surface area contributed by atoms with Crippen LogP contribution in [-0.4, -0.2) is 21.1 Å². The Morgan fingerprint density at radius 3 is 1.95 bits per heavy atom. The van der Waals surface area contributed by atoms with Crippen LogP contribution in [0.15, 0.2) is 90.5 Å². The molecule has 0 N–H and O–H groups in total. The molecule has 0 amide bonds. The highest BCUT2D eigenvalue weighted by Crippen LogP contribution is 2.39. The third kappa shape index (κ3) is 3.69. The van der Waals surface area contributed by atoms with Gasteiger partial charge in [0.15, 0.2) is 17.2 Å². The predicted molar refractivity (Wildman–Crippen MR) is 159 cm³/mol. The fourth-order valence-corrected chi connectivity index (χ4v) is 6.94. The van der Waals surface area contributed by atoms with Gasteiger partial charge < -0.3 is 0 Å². The van der Waals surface area contributed by atoms with Crippen molar-refractivity contribution in [2.45, 2.75) is 20.8 Å². The van der Waals surface area contributed by atoms with Gasteiger partial charge in [0.05, 0.1) is 16.0 Å². The van der Waals surface area contributed by atoms with Gasteiger partial charge in [0.1, 0.15) is 5.01 Å². The van der Waals surface area contributed by atoms with E-state index in [1.54, 1.807) is 17.4 Å². The molecule has 1 aliphatic carbocycles. The standard InChI is InChI=1S/C34H24N2O2S/c1-19-13-20(2)30(21(3)14-19)34-35-33-29(39-34)18-25(36(33)24-11-5-4-6-12-24)17-28-31(37)26-15-22-9-7-8-10-23(22)16-27(26)32(28)38/h4-18H,1-3H3. The molecule has 0 saturated heterocycles. The Balaban J connectivity index is 1.41. The van der Waals surface area contributed by atoms with Crippen LogP contribution in [-0.2, 0) is 0 Å². The molecule has 0 spiro atoms. The average molecular weight is 525 g/mol. The second kappa shape index (κ2) is 8.72. The Kier molecular flexibility index (Phi) is 5.25. The summed E-state index contributed by atoms with van der Waals surface area (Å²) in [5, 5.41) is 2.86. The Morgan fingerprint density at radius 1 is 0.744 bits per heavy atom. The van der Waals surface area contributed by atoms with Crippen molar-refractivity contribution in [3.05, 3.63) is 124 Å². The van der Waals surface area contributed by atoms with Crippen molar-refractivity contribution in [1.29, 1.82) is 0 Å². The highest BCUT2D eigenvalue weighted by molar-refractivity contribution is 7.21. The number of para-hydroxylation sites is 1. The zero-order valence-corrected chi connectivity index (χ0v) is 22.6. The molecule has 39 heavy (non-hydrogen) atoms. The minimum atomic E-state index is -0.232. The molecule has 4 nitrogen and oxygen atoms in total. The second-order valence-corrected chi connectivity index (χ2v) is 11.2. The van der Waals surface area contributed by atoms with Gasteiger partial charge >= 0.3 is 0 Å². The van der Waals surface area contributed by atoms with Gasteiger partial charge in [0.25, 0.3) is 0 Å². The lowest BCUT2D eigenvalue weighted by Gasteiger charge is -2.10. The number of carbonyl (C=O) groups excluding carboxylic acids is 2. The number of benzene rings is 4. The molecule has 0 fully saturated rings. The highest BCUT2D eigenvalue weighted by Gasteiger charge is 2.34. The van der Waals surface area contributed by atoms with Gasteiger partial charge in [0, 0.05) is 22.4 Å². The van der Waals surface area contributed by atoms with Gasteiger partial charge in [-0.05, 0) is 79.1 Å². The van der Waals surface area contributed by atoms with Gasteiger partial charge in [-0.15, -0.1) is 11.3 Å². The number of hydrogen-bond donors (Lipinski definition) is 0.